The second-order valence-corrected chi connectivity index (χ2v) is 2.96. The molecule has 0 aromatic carbocycles. The second-order valence-electron chi connectivity index (χ2n) is 2.96. The molecule has 0 bridgehead atoms. The summed E-state index contributed by atoms with van der Waals surface area (Å²) in [5, 5.41) is 53.4. The first-order valence-electron chi connectivity index (χ1n) is 3.93. The lowest BCUT2D eigenvalue weighted by Crippen LogP contribution is -2.49. The van der Waals surface area contributed by atoms with E-state index in [0.29, 0.717) is 0 Å². The molecule has 0 amide bonds. The zero-order valence-corrected chi connectivity index (χ0v) is 7.28. The summed E-state index contributed by atoms with van der Waals surface area (Å²) >= 11 is 0. The van der Waals surface area contributed by atoms with Crippen LogP contribution in [0.25, 0.3) is 0 Å². The number of hydrogen-bond acceptors (Lipinski definition) is 6. The van der Waals surface area contributed by atoms with Crippen LogP contribution in [-0.4, -0.2) is 67.8 Å². The molecule has 0 aliphatic rings. The minimum Gasteiger partial charge on any atom is -0.394 e. The Morgan fingerprint density at radius 1 is 0.846 bits per heavy atom. The number of hydrogen-bond donors (Lipinski definition) is 6. The molecule has 6 N–H and O–H groups in total. The average Bonchev–Trinajstić information content (AvgIpc) is 2.12. The summed E-state index contributed by atoms with van der Waals surface area (Å²) in [6.45, 7) is 0.497. The predicted octanol–water partition coefficient (Wildman–Crippen LogP) is -3.20. The molecule has 5 atom stereocenters. The van der Waals surface area contributed by atoms with Gasteiger partial charge in [0.2, 0.25) is 0 Å². The van der Waals surface area contributed by atoms with Crippen LogP contribution in [0.5, 0.6) is 0 Å². The highest BCUT2D eigenvalue weighted by Gasteiger charge is 2.32. The van der Waals surface area contributed by atoms with Gasteiger partial charge in [0, 0.05) is 0 Å². The van der Waals surface area contributed by atoms with Gasteiger partial charge in [0.05, 0.1) is 12.7 Å². The molecule has 6 heteroatoms. The third-order valence-corrected chi connectivity index (χ3v) is 1.78. The van der Waals surface area contributed by atoms with Crippen molar-refractivity contribution < 1.29 is 30.6 Å². The normalized spacial score (nSPS) is 23.3. The summed E-state index contributed by atoms with van der Waals surface area (Å²) < 4.78 is 0. The first-order valence-corrected chi connectivity index (χ1v) is 3.93. The molecule has 0 aromatic rings. The van der Waals surface area contributed by atoms with Crippen molar-refractivity contribution in [2.75, 3.05) is 6.61 Å². The molecule has 0 saturated carbocycles. The van der Waals surface area contributed by atoms with Gasteiger partial charge in [-0.1, -0.05) is 0 Å². The van der Waals surface area contributed by atoms with E-state index in [1.807, 2.05) is 0 Å². The zero-order chi connectivity index (χ0) is 10.6. The predicted molar refractivity (Wildman–Crippen MR) is 42.8 cm³/mol. The van der Waals surface area contributed by atoms with Gasteiger partial charge in [0.15, 0.2) is 0 Å². The third kappa shape index (κ3) is 3.55. The average molecular weight is 196 g/mol. The van der Waals surface area contributed by atoms with Crippen molar-refractivity contribution in [2.24, 2.45) is 0 Å². The van der Waals surface area contributed by atoms with E-state index in [-0.39, 0.29) is 0 Å². The molecule has 0 fully saturated rings. The molecule has 0 aromatic heterocycles. The Kier molecular flexibility index (Phi) is 5.38. The summed E-state index contributed by atoms with van der Waals surface area (Å²) in [5.41, 5.74) is 0. The summed E-state index contributed by atoms with van der Waals surface area (Å²) in [6, 6.07) is 0. The van der Waals surface area contributed by atoms with E-state index in [1.54, 1.807) is 0 Å². The van der Waals surface area contributed by atoms with Crippen molar-refractivity contribution in [3.63, 3.8) is 0 Å². The van der Waals surface area contributed by atoms with E-state index in [2.05, 4.69) is 0 Å². The Labute approximate surface area is 75.7 Å². The second kappa shape index (κ2) is 5.48. The van der Waals surface area contributed by atoms with Gasteiger partial charge in [-0.25, -0.2) is 0 Å². The van der Waals surface area contributed by atoms with Crippen molar-refractivity contribution in [1.82, 2.24) is 0 Å². The van der Waals surface area contributed by atoms with E-state index in [4.69, 9.17) is 30.6 Å². The zero-order valence-electron chi connectivity index (χ0n) is 7.28. The summed E-state index contributed by atoms with van der Waals surface area (Å²) in [5.74, 6) is 0. The summed E-state index contributed by atoms with van der Waals surface area (Å²) in [6.07, 6.45) is -7.70. The SMILES string of the molecule is C[C@@H](O)[C@@H](O)[C@@H](O)[C@@H](O)[C@@H](O)CO. The van der Waals surface area contributed by atoms with Crippen LogP contribution in [0.1, 0.15) is 6.92 Å². The van der Waals surface area contributed by atoms with Crippen LogP contribution in [-0.2, 0) is 0 Å². The number of aliphatic hydroxyl groups excluding tert-OH is 6. The molecular weight excluding hydrogens is 180 g/mol. The minimum atomic E-state index is -1.69. The first kappa shape index (κ1) is 12.8. The van der Waals surface area contributed by atoms with Crippen LogP contribution in [0.15, 0.2) is 0 Å². The van der Waals surface area contributed by atoms with Crippen LogP contribution in [0.3, 0.4) is 0 Å². The molecule has 0 heterocycles. The van der Waals surface area contributed by atoms with Gasteiger partial charge in [0.1, 0.15) is 24.4 Å². The lowest BCUT2D eigenvalue weighted by molar-refractivity contribution is -0.137. The van der Waals surface area contributed by atoms with E-state index in [9.17, 15) is 0 Å². The lowest BCUT2D eigenvalue weighted by atomic mass is 10.0. The van der Waals surface area contributed by atoms with Crippen LogP contribution < -0.4 is 0 Å². The molecule has 0 radical (unpaired) electrons. The Bertz CT molecular complexity index is 139. The van der Waals surface area contributed by atoms with Crippen molar-refractivity contribution in [2.45, 2.75) is 37.4 Å². The van der Waals surface area contributed by atoms with Gasteiger partial charge >= 0.3 is 0 Å². The van der Waals surface area contributed by atoms with Gasteiger partial charge in [-0.2, -0.15) is 0 Å². The molecule has 0 unspecified atom stereocenters. The maximum atomic E-state index is 9.13. The third-order valence-electron chi connectivity index (χ3n) is 1.78. The number of rotatable bonds is 5. The maximum Gasteiger partial charge on any atom is 0.111 e. The van der Waals surface area contributed by atoms with Crippen molar-refractivity contribution >= 4 is 0 Å². The molecule has 6 nitrogen and oxygen atoms in total. The van der Waals surface area contributed by atoms with Gasteiger partial charge < -0.3 is 30.6 Å². The Hall–Kier alpha value is -0.240. The van der Waals surface area contributed by atoms with Crippen LogP contribution in [0.2, 0.25) is 0 Å². The van der Waals surface area contributed by atoms with E-state index >= 15 is 0 Å². The molecule has 13 heavy (non-hydrogen) atoms. The fraction of sp³-hybridized carbons (Fsp3) is 1.00. The van der Waals surface area contributed by atoms with Crippen LogP contribution >= 0.6 is 0 Å². The highest BCUT2D eigenvalue weighted by Crippen LogP contribution is 2.07. The van der Waals surface area contributed by atoms with Crippen molar-refractivity contribution in [3.8, 4) is 0 Å². The quantitative estimate of drug-likeness (QED) is 0.275. The first-order chi connectivity index (χ1) is 5.91. The molecule has 0 aliphatic carbocycles. The molecule has 80 valence electrons. The van der Waals surface area contributed by atoms with Crippen molar-refractivity contribution in [3.05, 3.63) is 0 Å². The van der Waals surface area contributed by atoms with E-state index < -0.39 is 37.1 Å². The largest absolute Gasteiger partial charge is 0.394 e. The Morgan fingerprint density at radius 2 is 1.31 bits per heavy atom. The molecule has 0 spiro atoms. The Morgan fingerprint density at radius 3 is 1.62 bits per heavy atom. The van der Waals surface area contributed by atoms with Crippen LogP contribution in [0, 0.1) is 0 Å². The monoisotopic (exact) mass is 196 g/mol. The minimum absolute atomic E-state index is 0.731. The topological polar surface area (TPSA) is 121 Å². The molecular formula is C7H16O6. The van der Waals surface area contributed by atoms with Gasteiger partial charge in [0.25, 0.3) is 0 Å². The lowest BCUT2D eigenvalue weighted by Gasteiger charge is -2.26. The highest BCUT2D eigenvalue weighted by molar-refractivity contribution is 4.82. The van der Waals surface area contributed by atoms with Gasteiger partial charge in [-0.15, -0.1) is 0 Å². The van der Waals surface area contributed by atoms with E-state index in [1.165, 1.54) is 6.92 Å². The van der Waals surface area contributed by atoms with Crippen LogP contribution in [0.4, 0.5) is 0 Å². The summed E-state index contributed by atoms with van der Waals surface area (Å²) in [4.78, 5) is 0. The standard InChI is InChI=1S/C7H16O6/c1-3(9)5(11)7(13)6(12)4(10)2-8/h3-13H,2H2,1H3/t3-,4+,5-,6+,7-/m1/s1. The van der Waals surface area contributed by atoms with Crippen molar-refractivity contribution in [1.29, 1.82) is 0 Å². The molecule has 0 aliphatic heterocycles. The maximum absolute atomic E-state index is 9.13. The summed E-state index contributed by atoms with van der Waals surface area (Å²) in [7, 11) is 0. The smallest absolute Gasteiger partial charge is 0.111 e. The highest BCUT2D eigenvalue weighted by atomic mass is 16.4. The fourth-order valence-corrected chi connectivity index (χ4v) is 0.823. The number of aliphatic hydroxyl groups is 6. The molecule has 0 rings (SSSR count). The van der Waals surface area contributed by atoms with Gasteiger partial charge in [-0.05, 0) is 6.92 Å². The Balaban J connectivity index is 4.15. The fourth-order valence-electron chi connectivity index (χ4n) is 0.823. The van der Waals surface area contributed by atoms with E-state index in [0.717, 1.165) is 0 Å². The molecule has 0 saturated heterocycles. The van der Waals surface area contributed by atoms with Gasteiger partial charge in [-0.3, -0.25) is 0 Å².